The molecule has 16 heavy (non-hydrogen) atoms. The zero-order valence-corrected chi connectivity index (χ0v) is 8.94. The third kappa shape index (κ3) is 2.06. The second kappa shape index (κ2) is 4.60. The normalized spacial score (nSPS) is 18.8. The number of rotatable bonds is 3. The molecular weight excluding hydrogens is 205 g/mol. The SMILES string of the molecule is N#C[C@H](c1cccc(F)c1)N1CC(CN)C1. The Morgan fingerprint density at radius 3 is 2.88 bits per heavy atom. The fourth-order valence-electron chi connectivity index (χ4n) is 2.01. The highest BCUT2D eigenvalue weighted by atomic mass is 19.1. The maximum absolute atomic E-state index is 13.0. The van der Waals surface area contributed by atoms with Crippen LogP contribution in [-0.4, -0.2) is 24.5 Å². The molecule has 1 heterocycles. The maximum Gasteiger partial charge on any atom is 0.123 e. The lowest BCUT2D eigenvalue weighted by Gasteiger charge is -2.41. The van der Waals surface area contributed by atoms with Crippen LogP contribution in [-0.2, 0) is 0 Å². The zero-order chi connectivity index (χ0) is 11.5. The molecule has 0 amide bonds. The van der Waals surface area contributed by atoms with E-state index in [4.69, 9.17) is 11.0 Å². The van der Waals surface area contributed by atoms with Crippen LogP contribution in [0.2, 0.25) is 0 Å². The van der Waals surface area contributed by atoms with Gasteiger partial charge in [-0.1, -0.05) is 12.1 Å². The Hall–Kier alpha value is -1.44. The number of likely N-dealkylation sites (tertiary alicyclic amines) is 1. The zero-order valence-electron chi connectivity index (χ0n) is 8.94. The lowest BCUT2D eigenvalue weighted by atomic mass is 9.95. The minimum atomic E-state index is -0.349. The van der Waals surface area contributed by atoms with Gasteiger partial charge in [-0.2, -0.15) is 5.26 Å². The van der Waals surface area contributed by atoms with Gasteiger partial charge < -0.3 is 5.73 Å². The summed E-state index contributed by atoms with van der Waals surface area (Å²) in [6.45, 7) is 2.30. The number of benzene rings is 1. The van der Waals surface area contributed by atoms with E-state index in [2.05, 4.69) is 6.07 Å². The molecule has 1 aliphatic heterocycles. The molecule has 4 heteroatoms. The first kappa shape index (κ1) is 11.1. The molecule has 0 saturated carbocycles. The second-order valence-corrected chi connectivity index (χ2v) is 4.14. The summed E-state index contributed by atoms with van der Waals surface area (Å²) in [7, 11) is 0. The van der Waals surface area contributed by atoms with Crippen LogP contribution in [0.25, 0.3) is 0 Å². The lowest BCUT2D eigenvalue weighted by Crippen LogP contribution is -2.50. The Morgan fingerprint density at radius 1 is 1.56 bits per heavy atom. The molecule has 1 aliphatic rings. The summed E-state index contributed by atoms with van der Waals surface area (Å²) in [5.41, 5.74) is 6.25. The standard InChI is InChI=1S/C12H14FN3/c13-11-3-1-2-10(4-11)12(6-15)16-7-9(5-14)8-16/h1-4,9,12H,5,7-8,14H2/t12-/m1/s1. The van der Waals surface area contributed by atoms with Crippen LogP contribution in [0, 0.1) is 23.1 Å². The van der Waals surface area contributed by atoms with Crippen molar-refractivity contribution in [2.75, 3.05) is 19.6 Å². The second-order valence-electron chi connectivity index (χ2n) is 4.14. The van der Waals surface area contributed by atoms with Crippen molar-refractivity contribution in [2.45, 2.75) is 6.04 Å². The molecular formula is C12H14FN3. The highest BCUT2D eigenvalue weighted by molar-refractivity contribution is 5.25. The molecule has 0 unspecified atom stereocenters. The van der Waals surface area contributed by atoms with Crippen molar-refractivity contribution in [3.8, 4) is 6.07 Å². The Morgan fingerprint density at radius 2 is 2.31 bits per heavy atom. The van der Waals surface area contributed by atoms with E-state index in [-0.39, 0.29) is 11.9 Å². The molecule has 1 fully saturated rings. The average Bonchev–Trinajstić information content (AvgIpc) is 2.22. The Balaban J connectivity index is 2.10. The highest BCUT2D eigenvalue weighted by Crippen LogP contribution is 2.27. The summed E-state index contributed by atoms with van der Waals surface area (Å²) in [6.07, 6.45) is 0. The number of nitriles is 1. The van der Waals surface area contributed by atoms with E-state index in [9.17, 15) is 4.39 Å². The molecule has 0 radical (unpaired) electrons. The molecule has 0 spiro atoms. The maximum atomic E-state index is 13.0. The summed E-state index contributed by atoms with van der Waals surface area (Å²) >= 11 is 0. The number of hydrogen-bond donors (Lipinski definition) is 1. The lowest BCUT2D eigenvalue weighted by molar-refractivity contribution is 0.0797. The van der Waals surface area contributed by atoms with Crippen molar-refractivity contribution in [2.24, 2.45) is 11.7 Å². The number of hydrogen-bond acceptors (Lipinski definition) is 3. The summed E-state index contributed by atoms with van der Waals surface area (Å²) in [5, 5.41) is 9.12. The van der Waals surface area contributed by atoms with Gasteiger partial charge in [-0.25, -0.2) is 4.39 Å². The van der Waals surface area contributed by atoms with Crippen molar-refractivity contribution in [3.63, 3.8) is 0 Å². The molecule has 0 bridgehead atoms. The molecule has 2 rings (SSSR count). The van der Waals surface area contributed by atoms with Crippen LogP contribution in [0.5, 0.6) is 0 Å². The van der Waals surface area contributed by atoms with Crippen LogP contribution in [0.1, 0.15) is 11.6 Å². The monoisotopic (exact) mass is 219 g/mol. The highest BCUT2D eigenvalue weighted by Gasteiger charge is 2.32. The van der Waals surface area contributed by atoms with Gasteiger partial charge in [0.2, 0.25) is 0 Å². The third-order valence-corrected chi connectivity index (χ3v) is 2.97. The van der Waals surface area contributed by atoms with E-state index in [1.807, 2.05) is 4.90 Å². The third-order valence-electron chi connectivity index (χ3n) is 2.97. The van der Waals surface area contributed by atoms with E-state index in [0.29, 0.717) is 12.5 Å². The van der Waals surface area contributed by atoms with E-state index in [1.54, 1.807) is 12.1 Å². The number of halogens is 1. The first-order valence-corrected chi connectivity index (χ1v) is 5.33. The topological polar surface area (TPSA) is 53.0 Å². The molecule has 2 N–H and O–H groups in total. The molecule has 1 saturated heterocycles. The summed E-state index contributed by atoms with van der Waals surface area (Å²) < 4.78 is 13.0. The quantitative estimate of drug-likeness (QED) is 0.833. The summed E-state index contributed by atoms with van der Waals surface area (Å²) in [6, 6.07) is 8.09. The van der Waals surface area contributed by atoms with Crippen molar-refractivity contribution < 1.29 is 4.39 Å². The van der Waals surface area contributed by atoms with Gasteiger partial charge in [-0.15, -0.1) is 0 Å². The fraction of sp³-hybridized carbons (Fsp3) is 0.417. The van der Waals surface area contributed by atoms with Gasteiger partial charge in [-0.3, -0.25) is 4.90 Å². The predicted octanol–water partition coefficient (Wildman–Crippen LogP) is 1.28. The smallest absolute Gasteiger partial charge is 0.123 e. The van der Waals surface area contributed by atoms with Gasteiger partial charge in [0.05, 0.1) is 6.07 Å². The number of nitrogens with zero attached hydrogens (tertiary/aromatic N) is 2. The van der Waals surface area contributed by atoms with Gasteiger partial charge in [0.25, 0.3) is 0 Å². The van der Waals surface area contributed by atoms with Crippen LogP contribution >= 0.6 is 0 Å². The number of nitrogens with two attached hydrogens (primary N) is 1. The molecule has 1 aromatic carbocycles. The van der Waals surface area contributed by atoms with Crippen molar-refractivity contribution in [1.82, 2.24) is 4.90 Å². The van der Waals surface area contributed by atoms with Crippen molar-refractivity contribution in [1.29, 1.82) is 5.26 Å². The molecule has 0 aromatic heterocycles. The van der Waals surface area contributed by atoms with Crippen LogP contribution in [0.4, 0.5) is 4.39 Å². The Labute approximate surface area is 94.3 Å². The van der Waals surface area contributed by atoms with Crippen LogP contribution in [0.15, 0.2) is 24.3 Å². The van der Waals surface area contributed by atoms with Crippen LogP contribution < -0.4 is 5.73 Å². The van der Waals surface area contributed by atoms with Crippen molar-refractivity contribution in [3.05, 3.63) is 35.6 Å². The first-order chi connectivity index (χ1) is 7.74. The van der Waals surface area contributed by atoms with E-state index in [0.717, 1.165) is 18.7 Å². The molecule has 3 nitrogen and oxygen atoms in total. The van der Waals surface area contributed by atoms with E-state index < -0.39 is 0 Å². The largest absolute Gasteiger partial charge is 0.330 e. The van der Waals surface area contributed by atoms with Crippen molar-refractivity contribution >= 4 is 0 Å². The van der Waals surface area contributed by atoms with Gasteiger partial charge >= 0.3 is 0 Å². The van der Waals surface area contributed by atoms with Gasteiger partial charge in [0, 0.05) is 13.1 Å². The molecule has 1 aromatic rings. The summed E-state index contributed by atoms with van der Waals surface area (Å²) in [5.74, 6) is 0.179. The van der Waals surface area contributed by atoms with E-state index in [1.165, 1.54) is 12.1 Å². The predicted molar refractivity (Wildman–Crippen MR) is 58.9 cm³/mol. The fourth-order valence-corrected chi connectivity index (χ4v) is 2.01. The minimum absolute atomic E-state index is 0.298. The van der Waals surface area contributed by atoms with Gasteiger partial charge in [-0.05, 0) is 30.2 Å². The molecule has 1 atom stereocenters. The van der Waals surface area contributed by atoms with Crippen LogP contribution in [0.3, 0.4) is 0 Å². The van der Waals surface area contributed by atoms with Gasteiger partial charge in [0.1, 0.15) is 11.9 Å². The Kier molecular flexibility index (Phi) is 3.18. The molecule has 0 aliphatic carbocycles. The van der Waals surface area contributed by atoms with E-state index >= 15 is 0 Å². The molecule has 84 valence electrons. The average molecular weight is 219 g/mol. The van der Waals surface area contributed by atoms with Gasteiger partial charge in [0.15, 0.2) is 0 Å². The minimum Gasteiger partial charge on any atom is -0.330 e. The Bertz CT molecular complexity index is 407. The first-order valence-electron chi connectivity index (χ1n) is 5.33. The summed E-state index contributed by atoms with van der Waals surface area (Å²) in [4.78, 5) is 2.02.